The van der Waals surface area contributed by atoms with Crippen LogP contribution < -0.4 is 0 Å². The fourth-order valence-corrected chi connectivity index (χ4v) is 2.80. The van der Waals surface area contributed by atoms with Crippen LogP contribution in [0.2, 0.25) is 0 Å². The molecule has 126 valence electrons. The Bertz CT molecular complexity index is 749. The van der Waals surface area contributed by atoms with Crippen LogP contribution in [0.15, 0.2) is 36.4 Å². The van der Waals surface area contributed by atoms with E-state index < -0.39 is 5.97 Å². The number of ketones is 1. The molecular formula is C18H19NO4S. The molecule has 24 heavy (non-hydrogen) atoms. The van der Waals surface area contributed by atoms with Crippen LogP contribution in [-0.2, 0) is 16.1 Å². The minimum atomic E-state index is -0.593. The molecule has 1 amide bonds. The normalized spacial score (nSPS) is 10.3. The standard InChI is InChI=1S/C18H19NO4S/c1-12-4-6-14(7-5-12)10-19(3)17(21)11-23-18(22)16-9-8-15(24-16)13(2)20/h4-9H,10-11H2,1-3H3. The smallest absolute Gasteiger partial charge is 0.348 e. The number of ether oxygens (including phenoxy) is 1. The second-order valence-electron chi connectivity index (χ2n) is 5.53. The first-order valence-corrected chi connectivity index (χ1v) is 8.26. The summed E-state index contributed by atoms with van der Waals surface area (Å²) in [5.74, 6) is -0.982. The van der Waals surface area contributed by atoms with Gasteiger partial charge in [0.25, 0.3) is 5.91 Å². The zero-order valence-corrected chi connectivity index (χ0v) is 14.7. The maximum Gasteiger partial charge on any atom is 0.348 e. The molecule has 0 bridgehead atoms. The van der Waals surface area contributed by atoms with E-state index in [2.05, 4.69) is 0 Å². The third kappa shape index (κ3) is 4.76. The highest BCUT2D eigenvalue weighted by atomic mass is 32.1. The van der Waals surface area contributed by atoms with E-state index in [0.29, 0.717) is 16.3 Å². The third-order valence-corrected chi connectivity index (χ3v) is 4.61. The van der Waals surface area contributed by atoms with E-state index >= 15 is 0 Å². The third-order valence-electron chi connectivity index (χ3n) is 3.45. The van der Waals surface area contributed by atoms with E-state index in [0.717, 1.165) is 22.5 Å². The van der Waals surface area contributed by atoms with Crippen LogP contribution >= 0.6 is 11.3 Å². The molecule has 2 rings (SSSR count). The van der Waals surface area contributed by atoms with Crippen LogP contribution in [0.4, 0.5) is 0 Å². The molecular weight excluding hydrogens is 326 g/mol. The summed E-state index contributed by atoms with van der Waals surface area (Å²) in [7, 11) is 1.66. The van der Waals surface area contributed by atoms with Crippen molar-refractivity contribution < 1.29 is 19.1 Å². The van der Waals surface area contributed by atoms with Gasteiger partial charge in [0.15, 0.2) is 12.4 Å². The molecule has 0 aliphatic carbocycles. The fourth-order valence-electron chi connectivity index (χ4n) is 2.00. The van der Waals surface area contributed by atoms with Crippen molar-refractivity contribution in [3.05, 3.63) is 57.3 Å². The first-order chi connectivity index (χ1) is 11.4. The van der Waals surface area contributed by atoms with Gasteiger partial charge in [-0.2, -0.15) is 0 Å². The average molecular weight is 345 g/mol. The van der Waals surface area contributed by atoms with Crippen molar-refractivity contribution in [3.63, 3.8) is 0 Å². The summed E-state index contributed by atoms with van der Waals surface area (Å²) < 4.78 is 5.03. The predicted molar refractivity (Wildman–Crippen MR) is 92.3 cm³/mol. The largest absolute Gasteiger partial charge is 0.451 e. The van der Waals surface area contributed by atoms with Gasteiger partial charge in [-0.15, -0.1) is 11.3 Å². The molecule has 1 aromatic heterocycles. The first-order valence-electron chi connectivity index (χ1n) is 7.44. The van der Waals surface area contributed by atoms with E-state index in [1.165, 1.54) is 17.9 Å². The average Bonchev–Trinajstić information content (AvgIpc) is 3.04. The lowest BCUT2D eigenvalue weighted by atomic mass is 10.1. The number of amides is 1. The molecule has 5 nitrogen and oxygen atoms in total. The van der Waals surface area contributed by atoms with Gasteiger partial charge in [-0.25, -0.2) is 4.79 Å². The summed E-state index contributed by atoms with van der Waals surface area (Å²) in [4.78, 5) is 37.5. The lowest BCUT2D eigenvalue weighted by Gasteiger charge is -2.17. The van der Waals surface area contributed by atoms with Gasteiger partial charge in [0.05, 0.1) is 4.88 Å². The van der Waals surface area contributed by atoms with Crippen LogP contribution in [0.3, 0.4) is 0 Å². The highest BCUT2D eigenvalue weighted by Crippen LogP contribution is 2.18. The van der Waals surface area contributed by atoms with Crippen molar-refractivity contribution in [2.45, 2.75) is 20.4 Å². The topological polar surface area (TPSA) is 63.7 Å². The zero-order valence-electron chi connectivity index (χ0n) is 13.9. The van der Waals surface area contributed by atoms with Crippen LogP contribution in [0.25, 0.3) is 0 Å². The zero-order chi connectivity index (χ0) is 17.7. The molecule has 0 fully saturated rings. The molecule has 0 N–H and O–H groups in total. The SMILES string of the molecule is CC(=O)c1ccc(C(=O)OCC(=O)N(C)Cc2ccc(C)cc2)s1. The number of Topliss-reactive ketones (excluding diaryl/α,β-unsaturated/α-hetero) is 1. The number of thiophene rings is 1. The number of nitrogens with zero attached hydrogens (tertiary/aromatic N) is 1. The molecule has 1 aromatic carbocycles. The Morgan fingerprint density at radius 1 is 1.04 bits per heavy atom. The number of likely N-dealkylation sites (N-methyl/N-ethyl adjacent to an activating group) is 1. The molecule has 2 aromatic rings. The van der Waals surface area contributed by atoms with Crippen molar-refractivity contribution in [1.82, 2.24) is 4.90 Å². The Hall–Kier alpha value is -2.47. The predicted octanol–water partition coefficient (Wildman–Crippen LogP) is 3.07. The number of rotatable bonds is 6. The second-order valence-corrected chi connectivity index (χ2v) is 6.62. The van der Waals surface area contributed by atoms with Crippen molar-refractivity contribution in [2.24, 2.45) is 0 Å². The summed E-state index contributed by atoms with van der Waals surface area (Å²) >= 11 is 1.06. The monoisotopic (exact) mass is 345 g/mol. The number of aryl methyl sites for hydroxylation is 1. The molecule has 1 heterocycles. The maximum absolute atomic E-state index is 12.1. The summed E-state index contributed by atoms with van der Waals surface area (Å²) in [5.41, 5.74) is 2.16. The molecule has 0 unspecified atom stereocenters. The lowest BCUT2D eigenvalue weighted by Crippen LogP contribution is -2.30. The quantitative estimate of drug-likeness (QED) is 0.596. The number of benzene rings is 1. The molecule has 6 heteroatoms. The van der Waals surface area contributed by atoms with Crippen LogP contribution in [-0.4, -0.2) is 36.2 Å². The number of hydrogen-bond acceptors (Lipinski definition) is 5. The second kappa shape index (κ2) is 7.88. The van der Waals surface area contributed by atoms with E-state index in [1.807, 2.05) is 31.2 Å². The van der Waals surface area contributed by atoms with Gasteiger partial charge in [0, 0.05) is 13.6 Å². The molecule has 0 aliphatic rings. The Balaban J connectivity index is 1.85. The van der Waals surface area contributed by atoms with Crippen molar-refractivity contribution in [2.75, 3.05) is 13.7 Å². The first kappa shape index (κ1) is 17.9. The van der Waals surface area contributed by atoms with Crippen molar-refractivity contribution in [1.29, 1.82) is 0 Å². The highest BCUT2D eigenvalue weighted by molar-refractivity contribution is 7.15. The minimum absolute atomic E-state index is 0.104. The van der Waals surface area contributed by atoms with Crippen molar-refractivity contribution in [3.8, 4) is 0 Å². The lowest BCUT2D eigenvalue weighted by molar-refractivity contribution is -0.133. The Morgan fingerprint density at radius 2 is 1.67 bits per heavy atom. The van der Waals surface area contributed by atoms with Crippen LogP contribution in [0.1, 0.15) is 37.4 Å². The maximum atomic E-state index is 12.1. The number of carbonyl (C=O) groups excluding carboxylic acids is 3. The van der Waals surface area contributed by atoms with Crippen LogP contribution in [0, 0.1) is 6.92 Å². The highest BCUT2D eigenvalue weighted by Gasteiger charge is 2.16. The van der Waals surface area contributed by atoms with E-state index in [4.69, 9.17) is 4.74 Å². The Labute approximate surface area is 144 Å². The fraction of sp³-hybridized carbons (Fsp3) is 0.278. The van der Waals surface area contributed by atoms with Gasteiger partial charge >= 0.3 is 5.97 Å². The molecule has 0 radical (unpaired) electrons. The van der Waals surface area contributed by atoms with Gasteiger partial charge in [0.1, 0.15) is 4.88 Å². The number of esters is 1. The van der Waals surface area contributed by atoms with Gasteiger partial charge < -0.3 is 9.64 Å². The van der Waals surface area contributed by atoms with Crippen LogP contribution in [0.5, 0.6) is 0 Å². The van der Waals surface area contributed by atoms with Gasteiger partial charge in [0.2, 0.25) is 0 Å². The van der Waals surface area contributed by atoms with E-state index in [1.54, 1.807) is 13.1 Å². The van der Waals surface area contributed by atoms with E-state index in [9.17, 15) is 14.4 Å². The minimum Gasteiger partial charge on any atom is -0.451 e. The number of hydrogen-bond donors (Lipinski definition) is 0. The van der Waals surface area contributed by atoms with E-state index in [-0.39, 0.29) is 18.3 Å². The van der Waals surface area contributed by atoms with Gasteiger partial charge in [-0.1, -0.05) is 29.8 Å². The summed E-state index contributed by atoms with van der Waals surface area (Å²) in [5, 5.41) is 0. The molecule has 0 spiro atoms. The summed E-state index contributed by atoms with van der Waals surface area (Å²) in [6, 6.07) is 11.0. The summed E-state index contributed by atoms with van der Waals surface area (Å²) in [6.45, 7) is 3.56. The number of carbonyl (C=O) groups is 3. The Kier molecular flexibility index (Phi) is 5.87. The molecule has 0 saturated heterocycles. The molecule has 0 atom stereocenters. The van der Waals surface area contributed by atoms with Gasteiger partial charge in [-0.3, -0.25) is 9.59 Å². The Morgan fingerprint density at radius 3 is 2.25 bits per heavy atom. The van der Waals surface area contributed by atoms with Crippen molar-refractivity contribution >= 4 is 29.0 Å². The molecule has 0 saturated carbocycles. The molecule has 0 aliphatic heterocycles. The summed E-state index contributed by atoms with van der Waals surface area (Å²) in [6.07, 6.45) is 0. The van der Waals surface area contributed by atoms with Gasteiger partial charge in [-0.05, 0) is 31.5 Å².